The van der Waals surface area contributed by atoms with Crippen molar-refractivity contribution in [3.05, 3.63) is 25.0 Å². The van der Waals surface area contributed by atoms with Gasteiger partial charge in [0, 0.05) is 0 Å². The van der Waals surface area contributed by atoms with Crippen LogP contribution in [0.1, 0.15) is 0 Å². The molecule has 0 heterocycles. The molecule has 5 heteroatoms. The Kier molecular flexibility index (Phi) is 8.47. The second-order valence-electron chi connectivity index (χ2n) is 0.703. The first-order valence-corrected chi connectivity index (χ1v) is 1.67. The molecule has 0 amide bonds. The first-order chi connectivity index (χ1) is 4.06. The molecule has 54 valence electrons. The van der Waals surface area contributed by atoms with Crippen molar-refractivity contribution in [2.75, 3.05) is 0 Å². The Morgan fingerprint density at radius 2 is 1.22 bits per heavy atom. The number of hydrogen-bond donors (Lipinski definition) is 1. The summed E-state index contributed by atoms with van der Waals surface area (Å²) in [5, 5.41) is 7.33. The molecule has 0 saturated heterocycles. The van der Waals surface area contributed by atoms with Crippen LogP contribution in [0.4, 0.5) is 17.6 Å². The lowest BCUT2D eigenvalue weighted by atomic mass is 11.1. The SMILES string of the molecule is C=CO.FC(F)=C(F)F. The zero-order valence-corrected chi connectivity index (χ0v) is 4.24. The highest BCUT2D eigenvalue weighted by molar-refractivity contribution is 4.77. The van der Waals surface area contributed by atoms with E-state index < -0.39 is 12.2 Å². The normalized spacial score (nSPS) is 6.67. The largest absolute Gasteiger partial charge is 0.516 e. The second-order valence-corrected chi connectivity index (χ2v) is 0.703. The van der Waals surface area contributed by atoms with E-state index in [-0.39, 0.29) is 0 Å². The van der Waals surface area contributed by atoms with E-state index >= 15 is 0 Å². The lowest BCUT2D eigenvalue weighted by Crippen LogP contribution is -1.56. The molecular formula is C4H4F4O. The standard InChI is InChI=1S/C2F4.C2H4O/c3-1(4)2(5)6;1-2-3/h;2-3H,1H2. The molecule has 1 N–H and O–H groups in total. The smallest absolute Gasteiger partial charge is 0.334 e. The maximum atomic E-state index is 10.3. The van der Waals surface area contributed by atoms with Gasteiger partial charge in [-0.3, -0.25) is 0 Å². The summed E-state index contributed by atoms with van der Waals surface area (Å²) in [5.41, 5.74) is 0. The van der Waals surface area contributed by atoms with Gasteiger partial charge in [0.2, 0.25) is 0 Å². The molecule has 9 heavy (non-hydrogen) atoms. The topological polar surface area (TPSA) is 20.2 Å². The van der Waals surface area contributed by atoms with Crippen LogP contribution < -0.4 is 0 Å². The molecule has 1 nitrogen and oxygen atoms in total. The maximum Gasteiger partial charge on any atom is 0.334 e. The summed E-state index contributed by atoms with van der Waals surface area (Å²) >= 11 is 0. The third-order valence-corrected chi connectivity index (χ3v) is 0.143. The Balaban J connectivity index is 0. The van der Waals surface area contributed by atoms with E-state index in [4.69, 9.17) is 5.11 Å². The van der Waals surface area contributed by atoms with Crippen LogP contribution in [-0.2, 0) is 0 Å². The van der Waals surface area contributed by atoms with E-state index in [1.165, 1.54) is 0 Å². The Hall–Kier alpha value is -1.00. The quantitative estimate of drug-likeness (QED) is 0.409. The van der Waals surface area contributed by atoms with Crippen LogP contribution in [0.5, 0.6) is 0 Å². The van der Waals surface area contributed by atoms with Crippen LogP contribution in [0, 0.1) is 0 Å². The molecule has 0 saturated carbocycles. The number of rotatable bonds is 0. The molecule has 0 unspecified atom stereocenters. The minimum Gasteiger partial charge on any atom is -0.516 e. The molecular weight excluding hydrogens is 140 g/mol. The van der Waals surface area contributed by atoms with Crippen molar-refractivity contribution in [1.29, 1.82) is 0 Å². The summed E-state index contributed by atoms with van der Waals surface area (Å²) in [6.07, 6.45) is -5.06. The van der Waals surface area contributed by atoms with E-state index in [1.54, 1.807) is 0 Å². The fourth-order valence-electron chi connectivity index (χ4n) is 0. The minimum absolute atomic E-state index is 0.750. The summed E-state index contributed by atoms with van der Waals surface area (Å²) in [6, 6.07) is 0. The highest BCUT2D eigenvalue weighted by Crippen LogP contribution is 2.08. The molecule has 0 aliphatic heterocycles. The molecule has 0 bridgehead atoms. The predicted octanol–water partition coefficient (Wildman–Crippen LogP) is 2.68. The monoisotopic (exact) mass is 144 g/mol. The van der Waals surface area contributed by atoms with Crippen molar-refractivity contribution < 1.29 is 22.7 Å². The lowest BCUT2D eigenvalue weighted by Gasteiger charge is -1.69. The van der Waals surface area contributed by atoms with E-state index in [9.17, 15) is 17.6 Å². The van der Waals surface area contributed by atoms with Gasteiger partial charge in [-0.1, -0.05) is 6.58 Å². The lowest BCUT2D eigenvalue weighted by molar-refractivity contribution is 0.308. The maximum absolute atomic E-state index is 10.3. The highest BCUT2D eigenvalue weighted by atomic mass is 19.3. The first kappa shape index (κ1) is 10.9. The molecule has 0 atom stereocenters. The molecule has 0 aromatic heterocycles. The summed E-state index contributed by atoms with van der Waals surface area (Å²) in [5.74, 6) is 0. The predicted molar refractivity (Wildman–Crippen MR) is 24.3 cm³/mol. The summed E-state index contributed by atoms with van der Waals surface area (Å²) < 4.78 is 41.1. The minimum atomic E-state index is -2.91. The zero-order chi connectivity index (χ0) is 7.86. The summed E-state index contributed by atoms with van der Waals surface area (Å²) in [6.45, 7) is 2.92. The second kappa shape index (κ2) is 7.00. The van der Waals surface area contributed by atoms with E-state index in [1.807, 2.05) is 0 Å². The van der Waals surface area contributed by atoms with E-state index in [2.05, 4.69) is 6.58 Å². The third-order valence-electron chi connectivity index (χ3n) is 0.143. The van der Waals surface area contributed by atoms with Crippen molar-refractivity contribution in [2.24, 2.45) is 0 Å². The van der Waals surface area contributed by atoms with Crippen LogP contribution in [0.2, 0.25) is 0 Å². The molecule has 0 rings (SSSR count). The average molecular weight is 144 g/mol. The fraction of sp³-hybridized carbons (Fsp3) is 0. The Morgan fingerprint density at radius 1 is 1.11 bits per heavy atom. The molecule has 0 fully saturated rings. The van der Waals surface area contributed by atoms with Crippen LogP contribution in [0.25, 0.3) is 0 Å². The fourth-order valence-corrected chi connectivity index (χ4v) is 0. The van der Waals surface area contributed by atoms with Crippen LogP contribution in [0.3, 0.4) is 0 Å². The highest BCUT2D eigenvalue weighted by Gasteiger charge is 1.98. The van der Waals surface area contributed by atoms with Crippen molar-refractivity contribution >= 4 is 0 Å². The van der Waals surface area contributed by atoms with Gasteiger partial charge >= 0.3 is 12.2 Å². The Morgan fingerprint density at radius 3 is 1.22 bits per heavy atom. The third kappa shape index (κ3) is 19.4. The average Bonchev–Trinajstić information content (AvgIpc) is 1.68. The van der Waals surface area contributed by atoms with Crippen molar-refractivity contribution in [2.45, 2.75) is 0 Å². The van der Waals surface area contributed by atoms with E-state index in [0.717, 1.165) is 6.26 Å². The van der Waals surface area contributed by atoms with Crippen LogP contribution in [0.15, 0.2) is 25.0 Å². The van der Waals surface area contributed by atoms with Gasteiger partial charge < -0.3 is 5.11 Å². The van der Waals surface area contributed by atoms with Gasteiger partial charge in [-0.25, -0.2) is 0 Å². The van der Waals surface area contributed by atoms with E-state index in [0.29, 0.717) is 0 Å². The molecule has 0 radical (unpaired) electrons. The van der Waals surface area contributed by atoms with Crippen LogP contribution in [-0.4, -0.2) is 5.11 Å². The van der Waals surface area contributed by atoms with Gasteiger partial charge in [0.15, 0.2) is 0 Å². The van der Waals surface area contributed by atoms with Gasteiger partial charge in [-0.05, 0) is 0 Å². The van der Waals surface area contributed by atoms with Crippen molar-refractivity contribution in [3.8, 4) is 0 Å². The van der Waals surface area contributed by atoms with Gasteiger partial charge in [0.05, 0.1) is 6.26 Å². The van der Waals surface area contributed by atoms with Crippen LogP contribution >= 0.6 is 0 Å². The summed E-state index contributed by atoms with van der Waals surface area (Å²) in [4.78, 5) is 0. The Labute approximate surface area is 48.9 Å². The number of halogens is 4. The molecule has 0 aliphatic carbocycles. The summed E-state index contributed by atoms with van der Waals surface area (Å²) in [7, 11) is 0. The number of aliphatic hydroxyl groups excluding tert-OH is 1. The van der Waals surface area contributed by atoms with Crippen molar-refractivity contribution in [1.82, 2.24) is 0 Å². The first-order valence-electron chi connectivity index (χ1n) is 1.67. The zero-order valence-electron chi connectivity index (χ0n) is 4.24. The number of hydrogen-bond acceptors (Lipinski definition) is 1. The molecule has 0 spiro atoms. The van der Waals surface area contributed by atoms with Gasteiger partial charge in [-0.15, -0.1) is 0 Å². The van der Waals surface area contributed by atoms with Crippen molar-refractivity contribution in [3.63, 3.8) is 0 Å². The molecule has 0 aromatic carbocycles. The molecule has 0 aromatic rings. The number of aliphatic hydroxyl groups is 1. The van der Waals surface area contributed by atoms with Gasteiger partial charge in [0.25, 0.3) is 0 Å². The Bertz CT molecular complexity index is 91.1. The van der Waals surface area contributed by atoms with Gasteiger partial charge in [-0.2, -0.15) is 17.6 Å². The molecule has 0 aliphatic rings. The van der Waals surface area contributed by atoms with Gasteiger partial charge in [0.1, 0.15) is 0 Å².